The number of rotatable bonds is 6. The molecule has 0 heterocycles. The van der Waals surface area contributed by atoms with Gasteiger partial charge in [0.1, 0.15) is 0 Å². The Morgan fingerprint density at radius 2 is 2.00 bits per heavy atom. The molecule has 0 bridgehead atoms. The summed E-state index contributed by atoms with van der Waals surface area (Å²) in [6.45, 7) is 0.735. The predicted molar refractivity (Wildman–Crippen MR) is 54.1 cm³/mol. The average Bonchev–Trinajstić information content (AvgIpc) is 1.96. The van der Waals surface area contributed by atoms with Crippen molar-refractivity contribution in [3.8, 4) is 0 Å². The van der Waals surface area contributed by atoms with E-state index in [1.165, 1.54) is 0 Å². The Hall–Kier alpha value is 1.57. The molecule has 0 saturated heterocycles. The maximum absolute atomic E-state index is 10.1. The van der Waals surface area contributed by atoms with Crippen molar-refractivity contribution < 1.29 is 42.5 Å². The Bertz CT molecular complexity index is 209. The van der Waals surface area contributed by atoms with Gasteiger partial charge in [-0.15, -0.1) is 0 Å². The summed E-state index contributed by atoms with van der Waals surface area (Å²) in [5.41, 5.74) is 0. The molecule has 0 spiro atoms. The molecule has 0 aromatic rings. The molecule has 0 aliphatic carbocycles. The number of thiol groups is 2. The van der Waals surface area contributed by atoms with Crippen LogP contribution < -0.4 is 34.9 Å². The van der Waals surface area contributed by atoms with Crippen LogP contribution in [-0.4, -0.2) is 42.8 Å². The summed E-state index contributed by atoms with van der Waals surface area (Å²) in [6, 6.07) is 0. The summed E-state index contributed by atoms with van der Waals surface area (Å²) < 4.78 is 30.3. The maximum atomic E-state index is 10.1. The molecular formula is C5H12NNaO3S3. The first kappa shape index (κ1) is 17.0. The standard InChI is InChI=1S/C5H13NO3S3.Na/c7-12(8,9)2-1-6-3-5(11)4-10;/h5-6,10-11H,1-4H2,(H,7,8,9);/q;+1/p-1. The van der Waals surface area contributed by atoms with E-state index in [0.717, 1.165) is 0 Å². The first-order chi connectivity index (χ1) is 5.45. The quantitative estimate of drug-likeness (QED) is 0.198. The van der Waals surface area contributed by atoms with E-state index in [1.807, 2.05) is 0 Å². The first-order valence-electron chi connectivity index (χ1n) is 3.39. The minimum Gasteiger partial charge on any atom is -0.748 e. The Labute approximate surface area is 112 Å². The SMILES string of the molecule is O=S(=O)([O-])CCNCC(S)CS.[Na+]. The van der Waals surface area contributed by atoms with Crippen molar-refractivity contribution in [1.82, 2.24) is 5.32 Å². The molecule has 13 heavy (non-hydrogen) atoms. The molecule has 1 unspecified atom stereocenters. The van der Waals surface area contributed by atoms with Gasteiger partial charge in [0.15, 0.2) is 0 Å². The minimum absolute atomic E-state index is 0. The van der Waals surface area contributed by atoms with E-state index in [1.54, 1.807) is 0 Å². The number of nitrogens with one attached hydrogen (secondary N) is 1. The molecule has 0 fully saturated rings. The molecule has 0 rings (SSSR count). The van der Waals surface area contributed by atoms with Gasteiger partial charge in [-0.05, 0) is 0 Å². The first-order valence-corrected chi connectivity index (χ1v) is 6.11. The Morgan fingerprint density at radius 3 is 2.38 bits per heavy atom. The molecule has 0 amide bonds. The molecule has 0 radical (unpaired) electrons. The fourth-order valence-electron chi connectivity index (χ4n) is 0.530. The Morgan fingerprint density at radius 1 is 1.46 bits per heavy atom. The molecule has 74 valence electrons. The van der Waals surface area contributed by atoms with Gasteiger partial charge in [0, 0.05) is 24.1 Å². The van der Waals surface area contributed by atoms with Gasteiger partial charge >= 0.3 is 29.6 Å². The van der Waals surface area contributed by atoms with Crippen molar-refractivity contribution in [2.45, 2.75) is 5.25 Å². The fourth-order valence-corrected chi connectivity index (χ4v) is 1.18. The largest absolute Gasteiger partial charge is 1.00 e. The van der Waals surface area contributed by atoms with E-state index in [4.69, 9.17) is 0 Å². The molecule has 0 saturated carbocycles. The van der Waals surface area contributed by atoms with Gasteiger partial charge in [-0.25, -0.2) is 8.42 Å². The molecule has 0 aromatic heterocycles. The van der Waals surface area contributed by atoms with Crippen LogP contribution in [0.1, 0.15) is 0 Å². The van der Waals surface area contributed by atoms with E-state index < -0.39 is 10.1 Å². The van der Waals surface area contributed by atoms with Crippen molar-refractivity contribution in [3.05, 3.63) is 0 Å². The summed E-state index contributed by atoms with van der Waals surface area (Å²) in [5.74, 6) is 0.236. The molecule has 8 heteroatoms. The van der Waals surface area contributed by atoms with Crippen LogP contribution in [0.3, 0.4) is 0 Å². The van der Waals surface area contributed by atoms with E-state index in [0.29, 0.717) is 12.3 Å². The smallest absolute Gasteiger partial charge is 0.748 e. The van der Waals surface area contributed by atoms with Gasteiger partial charge in [-0.3, -0.25) is 0 Å². The number of hydrogen-bond acceptors (Lipinski definition) is 6. The zero-order chi connectivity index (χ0) is 9.61. The summed E-state index contributed by atoms with van der Waals surface area (Å²) in [5, 5.41) is 2.87. The van der Waals surface area contributed by atoms with E-state index >= 15 is 0 Å². The molecule has 0 aliphatic rings. The molecule has 1 N–H and O–H groups in total. The predicted octanol–water partition coefficient (Wildman–Crippen LogP) is -3.65. The van der Waals surface area contributed by atoms with Crippen molar-refractivity contribution in [2.75, 3.05) is 24.6 Å². The van der Waals surface area contributed by atoms with Gasteiger partial charge in [0.2, 0.25) is 0 Å². The summed E-state index contributed by atoms with van der Waals surface area (Å²) in [6.07, 6.45) is 0. The van der Waals surface area contributed by atoms with Gasteiger partial charge in [0.25, 0.3) is 0 Å². The van der Waals surface area contributed by atoms with Crippen LogP contribution in [0.25, 0.3) is 0 Å². The van der Waals surface area contributed by atoms with Gasteiger partial charge in [-0.2, -0.15) is 25.3 Å². The third kappa shape index (κ3) is 13.6. The molecule has 0 aliphatic heterocycles. The van der Waals surface area contributed by atoms with Crippen LogP contribution in [0.4, 0.5) is 0 Å². The number of hydrogen-bond donors (Lipinski definition) is 3. The van der Waals surface area contributed by atoms with Crippen molar-refractivity contribution in [3.63, 3.8) is 0 Å². The third-order valence-electron chi connectivity index (χ3n) is 1.12. The fraction of sp³-hybridized carbons (Fsp3) is 1.00. The molecule has 4 nitrogen and oxygen atoms in total. The van der Waals surface area contributed by atoms with E-state index in [2.05, 4.69) is 30.6 Å². The maximum Gasteiger partial charge on any atom is 1.00 e. The van der Waals surface area contributed by atoms with Crippen LogP contribution in [0.15, 0.2) is 0 Å². The average molecular weight is 253 g/mol. The second-order valence-corrected chi connectivity index (χ2v) is 4.92. The van der Waals surface area contributed by atoms with Crippen LogP contribution in [0, 0.1) is 0 Å². The Kier molecular flexibility index (Phi) is 11.6. The van der Waals surface area contributed by atoms with Gasteiger partial charge < -0.3 is 9.87 Å². The van der Waals surface area contributed by atoms with Crippen molar-refractivity contribution >= 4 is 35.4 Å². The topological polar surface area (TPSA) is 69.2 Å². The van der Waals surface area contributed by atoms with Crippen LogP contribution in [0.5, 0.6) is 0 Å². The molecule has 0 aromatic carbocycles. The zero-order valence-electron chi connectivity index (χ0n) is 7.43. The van der Waals surface area contributed by atoms with Crippen molar-refractivity contribution in [2.24, 2.45) is 0 Å². The van der Waals surface area contributed by atoms with E-state index in [9.17, 15) is 13.0 Å². The van der Waals surface area contributed by atoms with Gasteiger partial charge in [0.05, 0.1) is 15.9 Å². The van der Waals surface area contributed by atoms with Crippen LogP contribution >= 0.6 is 25.3 Å². The summed E-state index contributed by atoms with van der Waals surface area (Å²) in [7, 11) is -4.09. The molecule has 1 atom stereocenters. The van der Waals surface area contributed by atoms with Crippen LogP contribution in [-0.2, 0) is 10.1 Å². The van der Waals surface area contributed by atoms with Gasteiger partial charge in [-0.1, -0.05) is 0 Å². The van der Waals surface area contributed by atoms with E-state index in [-0.39, 0.29) is 47.1 Å². The second-order valence-electron chi connectivity index (χ2n) is 2.30. The van der Waals surface area contributed by atoms with Crippen molar-refractivity contribution in [1.29, 1.82) is 0 Å². The molecular weight excluding hydrogens is 241 g/mol. The van der Waals surface area contributed by atoms with Crippen LogP contribution in [0.2, 0.25) is 0 Å². The third-order valence-corrected chi connectivity index (χ3v) is 2.92. The zero-order valence-corrected chi connectivity index (χ0v) is 12.0. The summed E-state index contributed by atoms with van der Waals surface area (Å²) in [4.78, 5) is 0. The monoisotopic (exact) mass is 253 g/mol. The normalized spacial score (nSPS) is 13.5. The summed E-state index contributed by atoms with van der Waals surface area (Å²) >= 11 is 8.09. The minimum atomic E-state index is -4.09. The second kappa shape index (κ2) is 8.84. The Balaban J connectivity index is 0.